The lowest BCUT2D eigenvalue weighted by molar-refractivity contribution is 0.193. The van der Waals surface area contributed by atoms with E-state index in [1.165, 1.54) is 83.5 Å². The van der Waals surface area contributed by atoms with Gasteiger partial charge in [-0.05, 0) is 12.3 Å². The molecule has 152 valence electrons. The van der Waals surface area contributed by atoms with Crippen LogP contribution in [0.4, 0.5) is 0 Å². The van der Waals surface area contributed by atoms with Crippen molar-refractivity contribution in [3.63, 3.8) is 0 Å². The summed E-state index contributed by atoms with van der Waals surface area (Å²) in [5, 5.41) is 0. The quantitative estimate of drug-likeness (QED) is 0.188. The summed E-state index contributed by atoms with van der Waals surface area (Å²) in [4.78, 5) is 17.1. The van der Waals surface area contributed by atoms with Crippen molar-refractivity contribution in [2.24, 2.45) is 5.92 Å². The van der Waals surface area contributed by atoms with Crippen LogP contribution in [0.1, 0.15) is 117 Å². The summed E-state index contributed by atoms with van der Waals surface area (Å²) in [6.07, 6.45) is 20.7. The third-order valence-electron chi connectivity index (χ3n) is 4.69. The van der Waals surface area contributed by atoms with Gasteiger partial charge in [-0.25, -0.2) is 4.57 Å². The fourth-order valence-corrected chi connectivity index (χ4v) is 3.50. The van der Waals surface area contributed by atoms with Gasteiger partial charge < -0.3 is 9.79 Å². The Morgan fingerprint density at radius 3 is 1.28 bits per heavy atom. The summed E-state index contributed by atoms with van der Waals surface area (Å²) >= 11 is 0. The van der Waals surface area contributed by atoms with Crippen molar-refractivity contribution in [1.29, 1.82) is 0 Å². The van der Waals surface area contributed by atoms with Gasteiger partial charge in [0.2, 0.25) is 0 Å². The van der Waals surface area contributed by atoms with Crippen LogP contribution < -0.4 is 0 Å². The van der Waals surface area contributed by atoms with Gasteiger partial charge in [0.1, 0.15) is 0 Å². The van der Waals surface area contributed by atoms with Crippen LogP contribution in [0.2, 0.25) is 0 Å². The Bertz CT molecular complexity index is 315. The molecule has 5 heteroatoms. The van der Waals surface area contributed by atoms with Gasteiger partial charge in [0.15, 0.2) is 0 Å². The first-order valence-electron chi connectivity index (χ1n) is 10.6. The minimum atomic E-state index is -4.26. The molecule has 0 unspecified atom stereocenters. The van der Waals surface area contributed by atoms with E-state index < -0.39 is 7.82 Å². The zero-order chi connectivity index (χ0) is 18.8. The second-order valence-corrected chi connectivity index (χ2v) is 9.05. The molecule has 0 aromatic rings. The standard InChI is InChI=1S/C20H43O4P/c1-20(2)18-16-14-12-10-8-6-4-3-5-7-9-11-13-15-17-19-24-25(21,22)23/h20H,3-19H2,1-2H3,(H2,21,22,23). The highest BCUT2D eigenvalue weighted by atomic mass is 31.2. The van der Waals surface area contributed by atoms with Gasteiger partial charge >= 0.3 is 7.82 Å². The first kappa shape index (κ1) is 25.1. The van der Waals surface area contributed by atoms with Gasteiger partial charge in [0.05, 0.1) is 6.61 Å². The fourth-order valence-electron chi connectivity index (χ4n) is 3.14. The maximum atomic E-state index is 10.5. The van der Waals surface area contributed by atoms with E-state index in [0.717, 1.165) is 25.2 Å². The van der Waals surface area contributed by atoms with Crippen molar-refractivity contribution in [3.05, 3.63) is 0 Å². The maximum absolute atomic E-state index is 10.5. The molecule has 0 spiro atoms. The Balaban J connectivity index is 3.04. The molecule has 0 aromatic heterocycles. The Morgan fingerprint density at radius 1 is 0.640 bits per heavy atom. The molecular formula is C20H43O4P. The second-order valence-electron chi connectivity index (χ2n) is 7.81. The summed E-state index contributed by atoms with van der Waals surface area (Å²) in [5.41, 5.74) is 0. The van der Waals surface area contributed by atoms with E-state index in [1.54, 1.807) is 0 Å². The SMILES string of the molecule is CC(C)CCCCCCCCCCCCCCCCCOP(=O)(O)O. The molecule has 0 amide bonds. The molecule has 0 heterocycles. The van der Waals surface area contributed by atoms with Crippen molar-refractivity contribution in [1.82, 2.24) is 0 Å². The number of rotatable bonds is 19. The lowest BCUT2D eigenvalue weighted by Gasteiger charge is -2.05. The largest absolute Gasteiger partial charge is 0.469 e. The van der Waals surface area contributed by atoms with E-state index in [-0.39, 0.29) is 6.61 Å². The van der Waals surface area contributed by atoms with Gasteiger partial charge in [0, 0.05) is 0 Å². The molecule has 0 atom stereocenters. The van der Waals surface area contributed by atoms with Crippen molar-refractivity contribution in [2.45, 2.75) is 117 Å². The van der Waals surface area contributed by atoms with E-state index in [0.29, 0.717) is 0 Å². The third-order valence-corrected chi connectivity index (χ3v) is 5.20. The van der Waals surface area contributed by atoms with Crippen LogP contribution in [0.25, 0.3) is 0 Å². The monoisotopic (exact) mass is 378 g/mol. The van der Waals surface area contributed by atoms with Gasteiger partial charge in [-0.3, -0.25) is 4.52 Å². The first-order valence-corrected chi connectivity index (χ1v) is 12.1. The maximum Gasteiger partial charge on any atom is 0.469 e. The summed E-state index contributed by atoms with van der Waals surface area (Å²) in [6.45, 7) is 4.79. The summed E-state index contributed by atoms with van der Waals surface area (Å²) < 4.78 is 14.9. The van der Waals surface area contributed by atoms with Gasteiger partial charge in [0.25, 0.3) is 0 Å². The molecule has 0 aliphatic carbocycles. The van der Waals surface area contributed by atoms with Gasteiger partial charge in [-0.1, -0.05) is 110 Å². The molecule has 0 saturated heterocycles. The minimum absolute atomic E-state index is 0.169. The van der Waals surface area contributed by atoms with E-state index in [2.05, 4.69) is 18.4 Å². The lowest BCUT2D eigenvalue weighted by atomic mass is 10.0. The van der Waals surface area contributed by atoms with E-state index in [4.69, 9.17) is 9.79 Å². The van der Waals surface area contributed by atoms with E-state index in [1.807, 2.05) is 0 Å². The molecule has 2 N–H and O–H groups in total. The Labute approximate surface area is 156 Å². The lowest BCUT2D eigenvalue weighted by Crippen LogP contribution is -1.92. The molecule has 0 bridgehead atoms. The van der Waals surface area contributed by atoms with Crippen LogP contribution in [-0.4, -0.2) is 16.4 Å². The first-order chi connectivity index (χ1) is 11.9. The predicted molar refractivity (Wildman–Crippen MR) is 107 cm³/mol. The van der Waals surface area contributed by atoms with Crippen LogP contribution in [0.5, 0.6) is 0 Å². The van der Waals surface area contributed by atoms with E-state index >= 15 is 0 Å². The van der Waals surface area contributed by atoms with Crippen LogP contribution in [0, 0.1) is 5.92 Å². The van der Waals surface area contributed by atoms with Gasteiger partial charge in [-0.15, -0.1) is 0 Å². The molecule has 0 aliphatic rings. The summed E-state index contributed by atoms with van der Waals surface area (Å²) in [5.74, 6) is 0.863. The number of hydrogen-bond donors (Lipinski definition) is 2. The highest BCUT2D eigenvalue weighted by Gasteiger charge is 2.12. The van der Waals surface area contributed by atoms with Gasteiger partial charge in [-0.2, -0.15) is 0 Å². The molecule has 0 saturated carbocycles. The Morgan fingerprint density at radius 2 is 0.960 bits per heavy atom. The topological polar surface area (TPSA) is 66.8 Å². The molecule has 25 heavy (non-hydrogen) atoms. The molecule has 0 fully saturated rings. The van der Waals surface area contributed by atoms with Crippen LogP contribution >= 0.6 is 7.82 Å². The molecule has 0 radical (unpaired) electrons. The van der Waals surface area contributed by atoms with Crippen molar-refractivity contribution in [3.8, 4) is 0 Å². The zero-order valence-electron chi connectivity index (χ0n) is 16.8. The third kappa shape index (κ3) is 24.1. The number of phosphoric ester groups is 1. The fraction of sp³-hybridized carbons (Fsp3) is 1.00. The number of unbranched alkanes of at least 4 members (excludes halogenated alkanes) is 14. The van der Waals surface area contributed by atoms with Crippen molar-refractivity contribution >= 4 is 7.82 Å². The number of phosphoric acid groups is 1. The highest BCUT2D eigenvalue weighted by molar-refractivity contribution is 7.46. The van der Waals surface area contributed by atoms with Crippen LogP contribution in [-0.2, 0) is 9.09 Å². The van der Waals surface area contributed by atoms with Crippen molar-refractivity contribution in [2.75, 3.05) is 6.61 Å². The number of hydrogen-bond acceptors (Lipinski definition) is 2. The molecule has 0 aromatic carbocycles. The molecular weight excluding hydrogens is 335 g/mol. The Hall–Kier alpha value is 0.110. The predicted octanol–water partition coefficient (Wildman–Crippen LogP) is 6.99. The normalized spacial score (nSPS) is 12.2. The summed E-state index contributed by atoms with van der Waals surface area (Å²) in [6, 6.07) is 0. The van der Waals surface area contributed by atoms with Crippen molar-refractivity contribution < 1.29 is 18.9 Å². The highest BCUT2D eigenvalue weighted by Crippen LogP contribution is 2.35. The average molecular weight is 379 g/mol. The second kappa shape index (κ2) is 17.5. The average Bonchev–Trinajstić information content (AvgIpc) is 2.52. The molecule has 4 nitrogen and oxygen atoms in total. The smallest absolute Gasteiger partial charge is 0.303 e. The summed E-state index contributed by atoms with van der Waals surface area (Å²) in [7, 11) is -4.26. The molecule has 0 rings (SSSR count). The van der Waals surface area contributed by atoms with Crippen LogP contribution in [0.3, 0.4) is 0 Å². The zero-order valence-corrected chi connectivity index (χ0v) is 17.7. The van der Waals surface area contributed by atoms with Crippen LogP contribution in [0.15, 0.2) is 0 Å². The minimum Gasteiger partial charge on any atom is -0.303 e. The Kier molecular flexibility index (Phi) is 17.6. The molecule has 0 aliphatic heterocycles. The van der Waals surface area contributed by atoms with E-state index in [9.17, 15) is 4.57 Å².